The molecule has 0 aliphatic rings. The van der Waals surface area contributed by atoms with Crippen LogP contribution in [-0.4, -0.2) is 29.8 Å². The molecule has 0 atom stereocenters. The van der Waals surface area contributed by atoms with Gasteiger partial charge in [0.25, 0.3) is 5.56 Å². The van der Waals surface area contributed by atoms with Crippen LogP contribution < -0.4 is 28.6 Å². The third-order valence-electron chi connectivity index (χ3n) is 3.08. The summed E-state index contributed by atoms with van der Waals surface area (Å²) in [5, 5.41) is 0.591. The van der Waals surface area contributed by atoms with Gasteiger partial charge in [-0.25, -0.2) is 4.79 Å². The highest BCUT2D eigenvalue weighted by Gasteiger charge is 2.10. The predicted octanol–water partition coefficient (Wildman–Crippen LogP) is -4.15. The summed E-state index contributed by atoms with van der Waals surface area (Å²) in [6.07, 6.45) is 0. The molecule has 0 aliphatic carbocycles. The van der Waals surface area contributed by atoms with Crippen molar-refractivity contribution >= 4 is 10.9 Å². The van der Waals surface area contributed by atoms with E-state index in [0.717, 1.165) is 6.54 Å². The molecule has 1 heterocycles. The van der Waals surface area contributed by atoms with Crippen molar-refractivity contribution in [3.8, 4) is 0 Å². The van der Waals surface area contributed by atoms with E-state index in [4.69, 9.17) is 0 Å². The minimum atomic E-state index is -0.250. The Morgan fingerprint density at radius 2 is 1.79 bits per heavy atom. The molecule has 0 amide bonds. The highest BCUT2D eigenvalue weighted by atomic mass is 35.5. The van der Waals surface area contributed by atoms with E-state index in [2.05, 4.69) is 0 Å². The molecule has 19 heavy (non-hydrogen) atoms. The molecule has 2 rings (SSSR count). The van der Waals surface area contributed by atoms with Gasteiger partial charge in [-0.15, -0.1) is 0 Å². The van der Waals surface area contributed by atoms with E-state index in [1.54, 1.807) is 10.6 Å². The summed E-state index contributed by atoms with van der Waals surface area (Å²) in [5.74, 6) is 0. The summed E-state index contributed by atoms with van der Waals surface area (Å²) < 4.78 is 2.84. The molecule has 2 aromatic rings. The van der Waals surface area contributed by atoms with Crippen LogP contribution in [0.5, 0.6) is 0 Å². The summed E-state index contributed by atoms with van der Waals surface area (Å²) in [5.41, 5.74) is 0.232. The number of halogens is 1. The van der Waals surface area contributed by atoms with Crippen molar-refractivity contribution < 1.29 is 17.3 Å². The Morgan fingerprint density at radius 1 is 1.16 bits per heavy atom. The highest BCUT2D eigenvalue weighted by Crippen LogP contribution is 2.06. The lowest BCUT2D eigenvalue weighted by atomic mass is 10.2. The van der Waals surface area contributed by atoms with Gasteiger partial charge in [-0.1, -0.05) is 12.1 Å². The summed E-state index contributed by atoms with van der Waals surface area (Å²) in [6, 6.07) is 7.25. The van der Waals surface area contributed by atoms with Gasteiger partial charge in [0.1, 0.15) is 0 Å². The zero-order chi connectivity index (χ0) is 13.3. The molecule has 0 unspecified atom stereocenters. The van der Waals surface area contributed by atoms with Gasteiger partial charge < -0.3 is 17.3 Å². The van der Waals surface area contributed by atoms with Crippen LogP contribution in [0.2, 0.25) is 0 Å². The molecule has 1 aromatic carbocycles. The predicted molar refractivity (Wildman–Crippen MR) is 71.1 cm³/mol. The van der Waals surface area contributed by atoms with E-state index >= 15 is 0 Å². The SMILES string of the molecule is Cn1c(=O)c2ccccc2n(CC[NH+](C)C)c1=O.[Cl-]. The first-order chi connectivity index (χ1) is 8.52. The molecule has 0 fully saturated rings. The minimum absolute atomic E-state index is 0. The number of rotatable bonds is 3. The number of fused-ring (bicyclic) bond motifs is 1. The van der Waals surface area contributed by atoms with Gasteiger partial charge in [-0.3, -0.25) is 13.9 Å². The monoisotopic (exact) mass is 283 g/mol. The number of nitrogens with zero attached hydrogens (tertiary/aromatic N) is 2. The van der Waals surface area contributed by atoms with Crippen LogP contribution in [0.15, 0.2) is 33.9 Å². The van der Waals surface area contributed by atoms with Gasteiger partial charge in [-0.2, -0.15) is 0 Å². The van der Waals surface area contributed by atoms with Crippen LogP contribution in [0.3, 0.4) is 0 Å². The van der Waals surface area contributed by atoms with Crippen LogP contribution in [0.1, 0.15) is 0 Å². The van der Waals surface area contributed by atoms with Crippen LogP contribution >= 0.6 is 0 Å². The number of aromatic nitrogens is 2. The average Bonchev–Trinajstić information content (AvgIpc) is 2.36. The highest BCUT2D eigenvalue weighted by molar-refractivity contribution is 5.77. The standard InChI is InChI=1S/C13H17N3O2.ClH/c1-14(2)8-9-16-11-7-5-4-6-10(11)12(17)15(3)13(16)18;/h4-7H,8-9H2,1-3H3;1H. The summed E-state index contributed by atoms with van der Waals surface area (Å²) >= 11 is 0. The van der Waals surface area contributed by atoms with E-state index in [9.17, 15) is 9.59 Å². The lowest BCUT2D eigenvalue weighted by Gasteiger charge is -2.13. The molecular formula is C13H18ClN3O2. The molecule has 0 radical (unpaired) electrons. The second kappa shape index (κ2) is 6.04. The molecule has 6 heteroatoms. The van der Waals surface area contributed by atoms with Crippen molar-refractivity contribution in [2.45, 2.75) is 6.54 Å². The zero-order valence-corrected chi connectivity index (χ0v) is 12.1. The van der Waals surface area contributed by atoms with E-state index in [1.807, 2.05) is 32.3 Å². The van der Waals surface area contributed by atoms with Gasteiger partial charge in [0.2, 0.25) is 0 Å². The third kappa shape index (κ3) is 2.88. The quantitative estimate of drug-likeness (QED) is 0.622. The van der Waals surface area contributed by atoms with E-state index in [1.165, 1.54) is 16.5 Å². The summed E-state index contributed by atoms with van der Waals surface area (Å²) in [6.45, 7) is 1.44. The first kappa shape index (κ1) is 15.5. The Hall–Kier alpha value is -1.59. The normalized spacial score (nSPS) is 10.7. The smallest absolute Gasteiger partial charge is 0.331 e. The average molecular weight is 284 g/mol. The lowest BCUT2D eigenvalue weighted by molar-refractivity contribution is -0.858. The number of hydrogen-bond donors (Lipinski definition) is 1. The summed E-state index contributed by atoms with van der Waals surface area (Å²) in [7, 11) is 5.60. The number of para-hydroxylation sites is 1. The fourth-order valence-corrected chi connectivity index (χ4v) is 1.99. The fourth-order valence-electron chi connectivity index (χ4n) is 1.99. The van der Waals surface area contributed by atoms with Crippen molar-refractivity contribution in [2.75, 3.05) is 20.6 Å². The van der Waals surface area contributed by atoms with Crippen molar-refractivity contribution in [1.29, 1.82) is 0 Å². The number of nitrogens with one attached hydrogen (secondary N) is 1. The van der Waals surface area contributed by atoms with Gasteiger partial charge in [0.05, 0.1) is 38.1 Å². The third-order valence-corrected chi connectivity index (χ3v) is 3.08. The largest absolute Gasteiger partial charge is 1.00 e. The fraction of sp³-hybridized carbons (Fsp3) is 0.385. The van der Waals surface area contributed by atoms with E-state index < -0.39 is 0 Å². The minimum Gasteiger partial charge on any atom is -1.00 e. The Labute approximate surface area is 117 Å². The molecule has 5 nitrogen and oxygen atoms in total. The second-order valence-electron chi connectivity index (χ2n) is 4.77. The maximum atomic E-state index is 12.1. The van der Waals surface area contributed by atoms with Crippen molar-refractivity contribution in [3.05, 3.63) is 45.1 Å². The van der Waals surface area contributed by atoms with Crippen molar-refractivity contribution in [2.24, 2.45) is 7.05 Å². The molecule has 1 aromatic heterocycles. The van der Waals surface area contributed by atoms with Crippen LogP contribution in [0.25, 0.3) is 10.9 Å². The molecule has 0 aliphatic heterocycles. The Morgan fingerprint density at radius 3 is 2.42 bits per heavy atom. The number of hydrogen-bond acceptors (Lipinski definition) is 2. The number of quaternary nitrogens is 1. The van der Waals surface area contributed by atoms with E-state index in [0.29, 0.717) is 17.4 Å². The number of likely N-dealkylation sites (N-methyl/N-ethyl adjacent to an activating group) is 1. The van der Waals surface area contributed by atoms with Gasteiger partial charge in [-0.05, 0) is 12.1 Å². The van der Waals surface area contributed by atoms with Gasteiger partial charge in [0, 0.05) is 7.05 Å². The topological polar surface area (TPSA) is 48.4 Å². The Bertz CT molecular complexity index is 688. The van der Waals surface area contributed by atoms with Crippen molar-refractivity contribution in [3.63, 3.8) is 0 Å². The second-order valence-corrected chi connectivity index (χ2v) is 4.77. The van der Waals surface area contributed by atoms with E-state index in [-0.39, 0.29) is 23.7 Å². The van der Waals surface area contributed by atoms with Gasteiger partial charge >= 0.3 is 5.69 Å². The molecule has 0 bridgehead atoms. The number of benzene rings is 1. The Kier molecular flexibility index (Phi) is 4.91. The van der Waals surface area contributed by atoms with Crippen LogP contribution in [0, 0.1) is 0 Å². The lowest BCUT2D eigenvalue weighted by Crippen LogP contribution is -3.06. The van der Waals surface area contributed by atoms with Gasteiger partial charge in [0.15, 0.2) is 0 Å². The first-order valence-corrected chi connectivity index (χ1v) is 6.00. The molecular weight excluding hydrogens is 266 g/mol. The maximum Gasteiger partial charge on any atom is 0.331 e. The molecule has 1 N–H and O–H groups in total. The maximum absolute atomic E-state index is 12.1. The van der Waals surface area contributed by atoms with Crippen LogP contribution in [-0.2, 0) is 13.6 Å². The Balaban J connectivity index is 0.00000180. The molecule has 0 saturated carbocycles. The van der Waals surface area contributed by atoms with Crippen LogP contribution in [0.4, 0.5) is 0 Å². The van der Waals surface area contributed by atoms with Crippen molar-refractivity contribution in [1.82, 2.24) is 9.13 Å². The first-order valence-electron chi connectivity index (χ1n) is 6.00. The molecule has 0 saturated heterocycles. The molecule has 0 spiro atoms. The zero-order valence-electron chi connectivity index (χ0n) is 11.3. The molecule has 104 valence electrons. The summed E-state index contributed by atoms with van der Waals surface area (Å²) in [4.78, 5) is 25.4.